The van der Waals surface area contributed by atoms with E-state index in [0.29, 0.717) is 29.3 Å². The number of hydrogen-bond donors (Lipinski definition) is 1. The molecule has 3 heterocycles. The molecule has 144 valence electrons. The van der Waals surface area contributed by atoms with E-state index in [-0.39, 0.29) is 5.91 Å². The van der Waals surface area contributed by atoms with E-state index in [9.17, 15) is 13.2 Å². The number of rotatable bonds is 5. The van der Waals surface area contributed by atoms with Gasteiger partial charge in [-0.3, -0.25) is 4.79 Å². The SMILES string of the molecule is O=C(Nc1cccc(N2CCCC2)c1)C1CCCN1S(=O)(=O)c1cccs1. The molecule has 8 heteroatoms. The minimum absolute atomic E-state index is 0.258. The van der Waals surface area contributed by atoms with Crippen molar-refractivity contribution in [2.24, 2.45) is 0 Å². The predicted octanol–water partition coefficient (Wildman–Crippen LogP) is 3.14. The van der Waals surface area contributed by atoms with Gasteiger partial charge in [-0.1, -0.05) is 12.1 Å². The Kier molecular flexibility index (Phi) is 5.21. The van der Waals surface area contributed by atoms with E-state index in [0.717, 1.165) is 18.8 Å². The molecule has 0 spiro atoms. The highest BCUT2D eigenvalue weighted by molar-refractivity contribution is 7.91. The summed E-state index contributed by atoms with van der Waals surface area (Å²) in [5, 5.41) is 4.66. The molecule has 1 aromatic heterocycles. The van der Waals surface area contributed by atoms with Crippen LogP contribution in [0.25, 0.3) is 0 Å². The minimum Gasteiger partial charge on any atom is -0.371 e. The summed E-state index contributed by atoms with van der Waals surface area (Å²) >= 11 is 1.18. The quantitative estimate of drug-likeness (QED) is 0.830. The van der Waals surface area contributed by atoms with Gasteiger partial charge in [-0.05, 0) is 55.3 Å². The van der Waals surface area contributed by atoms with Gasteiger partial charge in [-0.2, -0.15) is 4.31 Å². The molecule has 2 fully saturated rings. The first-order valence-corrected chi connectivity index (χ1v) is 11.6. The number of amides is 1. The molecular weight excluding hydrogens is 382 g/mol. The first kappa shape index (κ1) is 18.5. The Morgan fingerprint density at radius 3 is 2.63 bits per heavy atom. The smallest absolute Gasteiger partial charge is 0.253 e. The summed E-state index contributed by atoms with van der Waals surface area (Å²) in [4.78, 5) is 15.2. The molecule has 1 unspecified atom stereocenters. The van der Waals surface area contributed by atoms with E-state index in [4.69, 9.17) is 0 Å². The Morgan fingerprint density at radius 2 is 1.89 bits per heavy atom. The summed E-state index contributed by atoms with van der Waals surface area (Å²) in [5.41, 5.74) is 1.81. The van der Waals surface area contributed by atoms with Gasteiger partial charge in [0.2, 0.25) is 5.91 Å². The molecule has 1 amide bonds. The highest BCUT2D eigenvalue weighted by Gasteiger charge is 2.39. The van der Waals surface area contributed by atoms with Crippen molar-refractivity contribution in [3.8, 4) is 0 Å². The molecule has 6 nitrogen and oxygen atoms in total. The van der Waals surface area contributed by atoms with Gasteiger partial charge >= 0.3 is 0 Å². The average Bonchev–Trinajstić information content (AvgIpc) is 3.44. The topological polar surface area (TPSA) is 69.7 Å². The number of nitrogens with zero attached hydrogens (tertiary/aromatic N) is 2. The fourth-order valence-corrected chi connectivity index (χ4v) is 6.57. The lowest BCUT2D eigenvalue weighted by Gasteiger charge is -2.23. The van der Waals surface area contributed by atoms with E-state index in [2.05, 4.69) is 10.2 Å². The van der Waals surface area contributed by atoms with Crippen molar-refractivity contribution in [3.63, 3.8) is 0 Å². The number of carbonyl (C=O) groups is 1. The maximum absolute atomic E-state index is 12.8. The molecule has 27 heavy (non-hydrogen) atoms. The maximum atomic E-state index is 12.8. The molecule has 2 aliphatic heterocycles. The highest BCUT2D eigenvalue weighted by Crippen LogP contribution is 2.30. The van der Waals surface area contributed by atoms with Crippen LogP contribution in [-0.2, 0) is 14.8 Å². The minimum atomic E-state index is -3.62. The third kappa shape index (κ3) is 3.74. The molecule has 2 aromatic rings. The molecular formula is C19H23N3O3S2. The Bertz CT molecular complexity index is 906. The van der Waals surface area contributed by atoms with Crippen LogP contribution in [-0.4, -0.2) is 44.3 Å². The zero-order valence-electron chi connectivity index (χ0n) is 15.0. The number of sulfonamides is 1. The summed E-state index contributed by atoms with van der Waals surface area (Å²) in [7, 11) is -3.62. The van der Waals surface area contributed by atoms with Gasteiger partial charge in [0.1, 0.15) is 10.3 Å². The van der Waals surface area contributed by atoms with Crippen molar-refractivity contribution in [2.45, 2.75) is 35.9 Å². The van der Waals surface area contributed by atoms with Crippen LogP contribution in [0.2, 0.25) is 0 Å². The van der Waals surface area contributed by atoms with Gasteiger partial charge in [0.15, 0.2) is 0 Å². The Labute approximate surface area is 163 Å². The number of carbonyl (C=O) groups excluding carboxylic acids is 1. The fourth-order valence-electron chi connectivity index (χ4n) is 3.80. The third-order valence-electron chi connectivity index (χ3n) is 5.15. The summed E-state index contributed by atoms with van der Waals surface area (Å²) in [6.07, 6.45) is 3.61. The molecule has 1 atom stereocenters. The molecule has 0 saturated carbocycles. The average molecular weight is 406 g/mol. The zero-order chi connectivity index (χ0) is 18.9. The molecule has 2 saturated heterocycles. The van der Waals surface area contributed by atoms with Crippen LogP contribution >= 0.6 is 11.3 Å². The van der Waals surface area contributed by atoms with Crippen LogP contribution in [0.5, 0.6) is 0 Å². The van der Waals surface area contributed by atoms with Gasteiger partial charge in [0.25, 0.3) is 10.0 Å². The Morgan fingerprint density at radius 1 is 1.07 bits per heavy atom. The number of hydrogen-bond acceptors (Lipinski definition) is 5. The third-order valence-corrected chi connectivity index (χ3v) is 8.43. The van der Waals surface area contributed by atoms with E-state index in [1.54, 1.807) is 17.5 Å². The normalized spacial score (nSPS) is 20.9. The second-order valence-electron chi connectivity index (χ2n) is 6.94. The molecule has 1 N–H and O–H groups in total. The number of nitrogens with one attached hydrogen (secondary N) is 1. The van der Waals surface area contributed by atoms with E-state index < -0.39 is 16.1 Å². The summed E-state index contributed by atoms with van der Waals surface area (Å²) in [6.45, 7) is 2.45. The van der Waals surface area contributed by atoms with E-state index in [1.807, 2.05) is 24.3 Å². The van der Waals surface area contributed by atoms with Crippen molar-refractivity contribution in [3.05, 3.63) is 41.8 Å². The van der Waals surface area contributed by atoms with Crippen molar-refractivity contribution < 1.29 is 13.2 Å². The van der Waals surface area contributed by atoms with E-state index in [1.165, 1.54) is 28.5 Å². The first-order chi connectivity index (χ1) is 13.1. The maximum Gasteiger partial charge on any atom is 0.253 e. The molecule has 0 aliphatic carbocycles. The summed E-state index contributed by atoms with van der Waals surface area (Å²) in [6, 6.07) is 10.4. The van der Waals surface area contributed by atoms with Crippen molar-refractivity contribution in [2.75, 3.05) is 29.9 Å². The van der Waals surface area contributed by atoms with Crippen molar-refractivity contribution in [1.29, 1.82) is 0 Å². The lowest BCUT2D eigenvalue weighted by Crippen LogP contribution is -2.42. The van der Waals surface area contributed by atoms with Crippen LogP contribution in [0.1, 0.15) is 25.7 Å². The highest BCUT2D eigenvalue weighted by atomic mass is 32.2. The molecule has 0 radical (unpaired) electrons. The van der Waals surface area contributed by atoms with Crippen molar-refractivity contribution >= 4 is 38.6 Å². The van der Waals surface area contributed by atoms with E-state index >= 15 is 0 Å². The van der Waals surface area contributed by atoms with Crippen LogP contribution < -0.4 is 10.2 Å². The second-order valence-corrected chi connectivity index (χ2v) is 10.0. The molecule has 0 bridgehead atoms. The summed E-state index contributed by atoms with van der Waals surface area (Å²) in [5.74, 6) is -0.258. The van der Waals surface area contributed by atoms with Gasteiger partial charge in [0, 0.05) is 31.0 Å². The molecule has 1 aromatic carbocycles. The lowest BCUT2D eigenvalue weighted by molar-refractivity contribution is -0.119. The standard InChI is InChI=1S/C19H23N3O3S2/c23-19(20-15-6-3-7-16(14-15)21-10-1-2-11-21)17-8-4-12-22(17)27(24,25)18-9-5-13-26-18/h3,5-7,9,13-14,17H,1-2,4,8,10-12H2,(H,20,23). The first-order valence-electron chi connectivity index (χ1n) is 9.27. The lowest BCUT2D eigenvalue weighted by atomic mass is 10.2. The zero-order valence-corrected chi connectivity index (χ0v) is 16.6. The second kappa shape index (κ2) is 7.61. The van der Waals surface area contributed by atoms with Gasteiger partial charge in [0.05, 0.1) is 0 Å². The van der Waals surface area contributed by atoms with Crippen LogP contribution in [0.4, 0.5) is 11.4 Å². The summed E-state index contributed by atoms with van der Waals surface area (Å²) < 4.78 is 27.3. The Hall–Kier alpha value is -1.90. The largest absolute Gasteiger partial charge is 0.371 e. The fraction of sp³-hybridized carbons (Fsp3) is 0.421. The van der Waals surface area contributed by atoms with Crippen LogP contribution in [0.3, 0.4) is 0 Å². The van der Waals surface area contributed by atoms with Crippen LogP contribution in [0.15, 0.2) is 46.0 Å². The van der Waals surface area contributed by atoms with Gasteiger partial charge < -0.3 is 10.2 Å². The number of benzene rings is 1. The van der Waals surface area contributed by atoms with Gasteiger partial charge in [-0.25, -0.2) is 8.42 Å². The monoisotopic (exact) mass is 405 g/mol. The van der Waals surface area contributed by atoms with Crippen LogP contribution in [0, 0.1) is 0 Å². The number of anilines is 2. The Balaban J connectivity index is 1.50. The molecule has 2 aliphatic rings. The molecule has 4 rings (SSSR count). The predicted molar refractivity (Wildman–Crippen MR) is 108 cm³/mol. The number of thiophene rings is 1. The van der Waals surface area contributed by atoms with Gasteiger partial charge in [-0.15, -0.1) is 11.3 Å². The van der Waals surface area contributed by atoms with Crippen molar-refractivity contribution in [1.82, 2.24) is 4.31 Å².